The van der Waals surface area contributed by atoms with E-state index in [2.05, 4.69) is 0 Å². The summed E-state index contributed by atoms with van der Waals surface area (Å²) in [6, 6.07) is 4.90. The van der Waals surface area contributed by atoms with Crippen molar-refractivity contribution >= 4 is 38.9 Å². The van der Waals surface area contributed by atoms with Gasteiger partial charge in [-0.2, -0.15) is 0 Å². The third-order valence-electron chi connectivity index (χ3n) is 4.29. The van der Waals surface area contributed by atoms with E-state index < -0.39 is 0 Å². The molecule has 5 heteroatoms. The number of amides is 1. The van der Waals surface area contributed by atoms with E-state index in [0.29, 0.717) is 15.9 Å². The second kappa shape index (κ2) is 6.17. The molecule has 3 rings (SSSR count). The third-order valence-corrected chi connectivity index (χ3v) is 5.94. The van der Waals surface area contributed by atoms with Crippen LogP contribution in [0.25, 0.3) is 10.1 Å². The molecule has 1 amide bonds. The van der Waals surface area contributed by atoms with Crippen molar-refractivity contribution in [1.29, 1.82) is 0 Å². The molecule has 1 aromatic heterocycles. The topological polar surface area (TPSA) is 20.3 Å². The monoisotopic (exact) mass is 339 g/mol. The van der Waals surface area contributed by atoms with Gasteiger partial charge in [0.1, 0.15) is 10.7 Å². The zero-order valence-corrected chi connectivity index (χ0v) is 14.3. The summed E-state index contributed by atoms with van der Waals surface area (Å²) in [6.45, 7) is 4.08. The van der Waals surface area contributed by atoms with Crippen LogP contribution >= 0.6 is 22.9 Å². The van der Waals surface area contributed by atoms with Gasteiger partial charge in [-0.1, -0.05) is 24.4 Å². The molecule has 0 atom stereocenters. The first-order valence-corrected chi connectivity index (χ1v) is 8.88. The Bertz CT molecular complexity index is 706. The van der Waals surface area contributed by atoms with Crippen molar-refractivity contribution in [2.45, 2.75) is 51.6 Å². The van der Waals surface area contributed by atoms with E-state index in [4.69, 9.17) is 11.6 Å². The number of benzene rings is 1. The molecule has 1 heterocycles. The van der Waals surface area contributed by atoms with Crippen LogP contribution < -0.4 is 0 Å². The molecule has 0 unspecified atom stereocenters. The summed E-state index contributed by atoms with van der Waals surface area (Å²) in [5.41, 5.74) is 0. The van der Waals surface area contributed by atoms with Crippen LogP contribution in [-0.4, -0.2) is 22.9 Å². The average Bonchev–Trinajstić information content (AvgIpc) is 3.07. The molecule has 2 nitrogen and oxygen atoms in total. The minimum Gasteiger partial charge on any atom is -0.332 e. The Kier molecular flexibility index (Phi) is 4.42. The highest BCUT2D eigenvalue weighted by Gasteiger charge is 2.31. The van der Waals surface area contributed by atoms with Crippen LogP contribution in [0, 0.1) is 5.82 Å². The zero-order chi connectivity index (χ0) is 15.9. The molecule has 0 radical (unpaired) electrons. The Morgan fingerprint density at radius 3 is 2.68 bits per heavy atom. The molecule has 1 saturated carbocycles. The summed E-state index contributed by atoms with van der Waals surface area (Å²) in [4.78, 5) is 15.5. The molecule has 118 valence electrons. The predicted molar refractivity (Wildman–Crippen MR) is 90.4 cm³/mol. The van der Waals surface area contributed by atoms with Crippen LogP contribution in [0.1, 0.15) is 49.2 Å². The largest absolute Gasteiger partial charge is 0.332 e. The molecule has 0 bridgehead atoms. The second-order valence-electron chi connectivity index (χ2n) is 6.13. The number of carbonyl (C=O) groups excluding carboxylic acids is 1. The van der Waals surface area contributed by atoms with Crippen LogP contribution in [-0.2, 0) is 0 Å². The van der Waals surface area contributed by atoms with Gasteiger partial charge in [0.05, 0.1) is 5.02 Å². The number of hydrogen-bond acceptors (Lipinski definition) is 2. The van der Waals surface area contributed by atoms with Gasteiger partial charge >= 0.3 is 0 Å². The van der Waals surface area contributed by atoms with Crippen LogP contribution in [0.15, 0.2) is 18.2 Å². The molecule has 2 aromatic rings. The summed E-state index contributed by atoms with van der Waals surface area (Å²) < 4.78 is 14.1. The minimum atomic E-state index is -0.305. The Morgan fingerprint density at radius 2 is 2.05 bits per heavy atom. The van der Waals surface area contributed by atoms with E-state index in [0.717, 1.165) is 22.9 Å². The van der Waals surface area contributed by atoms with Gasteiger partial charge in [0.2, 0.25) is 0 Å². The SMILES string of the molecule is CC(C)N(C(=O)c1sc2cc(F)ccc2c1Cl)C1CCCC1. The first-order valence-electron chi connectivity index (χ1n) is 7.69. The molecule has 22 heavy (non-hydrogen) atoms. The van der Waals surface area contributed by atoms with Crippen molar-refractivity contribution in [3.05, 3.63) is 33.9 Å². The van der Waals surface area contributed by atoms with Crippen molar-refractivity contribution < 1.29 is 9.18 Å². The van der Waals surface area contributed by atoms with Crippen LogP contribution in [0.4, 0.5) is 4.39 Å². The quantitative estimate of drug-likeness (QED) is 0.724. The fraction of sp³-hybridized carbons (Fsp3) is 0.471. The van der Waals surface area contributed by atoms with Gasteiger partial charge in [-0.15, -0.1) is 11.3 Å². The lowest BCUT2D eigenvalue weighted by molar-refractivity contribution is 0.0619. The standard InChI is InChI=1S/C17H19ClFNOS/c1-10(2)20(12-5-3-4-6-12)17(21)16-15(18)13-8-7-11(19)9-14(13)22-16/h7-10,12H,3-6H2,1-2H3. The number of thiophene rings is 1. The van der Waals surface area contributed by atoms with Crippen LogP contribution in [0.3, 0.4) is 0 Å². The van der Waals surface area contributed by atoms with Gasteiger partial charge < -0.3 is 4.90 Å². The molecule has 0 saturated heterocycles. The predicted octanol–water partition coefficient (Wildman–Crippen LogP) is 5.49. The number of fused-ring (bicyclic) bond motifs is 1. The Balaban J connectivity index is 2.01. The first kappa shape index (κ1) is 15.8. The molecule has 0 aliphatic heterocycles. The third kappa shape index (κ3) is 2.74. The lowest BCUT2D eigenvalue weighted by atomic mass is 10.1. The van der Waals surface area contributed by atoms with Crippen molar-refractivity contribution in [3.63, 3.8) is 0 Å². The van der Waals surface area contributed by atoms with Gasteiger partial charge in [-0.3, -0.25) is 4.79 Å². The molecular weight excluding hydrogens is 321 g/mol. The van der Waals surface area contributed by atoms with Gasteiger partial charge in [0.15, 0.2) is 0 Å². The van der Waals surface area contributed by atoms with E-state index in [1.165, 1.54) is 36.3 Å². The minimum absolute atomic E-state index is 0.0199. The molecule has 1 aliphatic rings. The molecule has 1 fully saturated rings. The maximum atomic E-state index is 13.4. The van der Waals surface area contributed by atoms with E-state index in [1.54, 1.807) is 6.07 Å². The van der Waals surface area contributed by atoms with E-state index in [1.807, 2.05) is 18.7 Å². The first-order chi connectivity index (χ1) is 10.5. The highest BCUT2D eigenvalue weighted by Crippen LogP contribution is 2.38. The number of carbonyl (C=O) groups is 1. The number of nitrogens with zero attached hydrogens (tertiary/aromatic N) is 1. The van der Waals surface area contributed by atoms with Gasteiger partial charge in [-0.25, -0.2) is 4.39 Å². The highest BCUT2D eigenvalue weighted by molar-refractivity contribution is 7.21. The van der Waals surface area contributed by atoms with Gasteiger partial charge in [-0.05, 0) is 44.9 Å². The Morgan fingerprint density at radius 1 is 1.36 bits per heavy atom. The van der Waals surface area contributed by atoms with Crippen molar-refractivity contribution in [2.24, 2.45) is 0 Å². The Hall–Kier alpha value is -1.13. The average molecular weight is 340 g/mol. The highest BCUT2D eigenvalue weighted by atomic mass is 35.5. The normalized spacial score (nSPS) is 15.9. The maximum absolute atomic E-state index is 13.4. The molecule has 1 aromatic carbocycles. The fourth-order valence-electron chi connectivity index (χ4n) is 3.30. The van der Waals surface area contributed by atoms with Crippen LogP contribution in [0.5, 0.6) is 0 Å². The van der Waals surface area contributed by atoms with Gasteiger partial charge in [0, 0.05) is 22.2 Å². The summed E-state index contributed by atoms with van der Waals surface area (Å²) in [7, 11) is 0. The maximum Gasteiger partial charge on any atom is 0.265 e. The number of halogens is 2. The fourth-order valence-corrected chi connectivity index (χ4v) is 4.78. The lowest BCUT2D eigenvalue weighted by Crippen LogP contribution is -2.43. The summed E-state index contributed by atoms with van der Waals surface area (Å²) in [5, 5.41) is 1.21. The summed E-state index contributed by atoms with van der Waals surface area (Å²) in [5.74, 6) is -0.325. The van der Waals surface area contributed by atoms with E-state index >= 15 is 0 Å². The number of rotatable bonds is 3. The molecule has 1 aliphatic carbocycles. The van der Waals surface area contributed by atoms with Gasteiger partial charge in [0.25, 0.3) is 5.91 Å². The summed E-state index contributed by atoms with van der Waals surface area (Å²) in [6.07, 6.45) is 4.46. The second-order valence-corrected chi connectivity index (χ2v) is 7.56. The lowest BCUT2D eigenvalue weighted by Gasteiger charge is -2.32. The zero-order valence-electron chi connectivity index (χ0n) is 12.7. The van der Waals surface area contributed by atoms with Crippen LogP contribution in [0.2, 0.25) is 5.02 Å². The molecular formula is C17H19ClFNOS. The number of hydrogen-bond donors (Lipinski definition) is 0. The summed E-state index contributed by atoms with van der Waals surface area (Å²) >= 11 is 7.69. The molecule has 0 spiro atoms. The van der Waals surface area contributed by atoms with Crippen molar-refractivity contribution in [3.8, 4) is 0 Å². The Labute approximate surface area is 138 Å². The smallest absolute Gasteiger partial charge is 0.265 e. The van der Waals surface area contributed by atoms with E-state index in [9.17, 15) is 9.18 Å². The van der Waals surface area contributed by atoms with Crippen molar-refractivity contribution in [2.75, 3.05) is 0 Å². The van der Waals surface area contributed by atoms with Crippen molar-refractivity contribution in [1.82, 2.24) is 4.90 Å². The molecule has 0 N–H and O–H groups in total. The van der Waals surface area contributed by atoms with E-state index in [-0.39, 0.29) is 17.8 Å².